The number of aryl methyl sites for hydroxylation is 1. The Morgan fingerprint density at radius 2 is 2.12 bits per heavy atom. The average molecular weight is 241 g/mol. The van der Waals surface area contributed by atoms with Crippen LogP contribution in [-0.2, 0) is 4.79 Å². The molecule has 3 nitrogen and oxygen atoms in total. The quantitative estimate of drug-likeness (QED) is 0.826. The van der Waals surface area contributed by atoms with Gasteiger partial charge < -0.3 is 9.84 Å². The number of halogens is 1. The van der Waals surface area contributed by atoms with Crippen LogP contribution in [0, 0.1) is 6.92 Å². The summed E-state index contributed by atoms with van der Waals surface area (Å²) >= 11 is 5.97. The van der Waals surface area contributed by atoms with Crippen molar-refractivity contribution in [3.63, 3.8) is 0 Å². The molecule has 0 saturated heterocycles. The van der Waals surface area contributed by atoms with Crippen molar-refractivity contribution in [3.05, 3.63) is 33.9 Å². The predicted molar refractivity (Wildman–Crippen MR) is 64.0 cm³/mol. The standard InChI is InChI=1S/C12H13ClO3/c1-7-5-11(16-3)9(6-10(7)13)4-8(2)12(14)15/h4-6H,1-3H3,(H,14,15)/b8-4+. The topological polar surface area (TPSA) is 46.5 Å². The van der Waals surface area contributed by atoms with Crippen molar-refractivity contribution < 1.29 is 14.6 Å². The molecule has 0 heterocycles. The first-order chi connectivity index (χ1) is 7.45. The minimum absolute atomic E-state index is 0.234. The van der Waals surface area contributed by atoms with Crippen LogP contribution in [0.15, 0.2) is 17.7 Å². The Labute approximate surface area is 99.3 Å². The Bertz CT molecular complexity index is 450. The number of hydrogen-bond donors (Lipinski definition) is 1. The van der Waals surface area contributed by atoms with Crippen LogP contribution in [0.4, 0.5) is 0 Å². The number of carboxylic acid groups (broad SMARTS) is 1. The van der Waals surface area contributed by atoms with Gasteiger partial charge in [-0.15, -0.1) is 0 Å². The molecule has 0 spiro atoms. The van der Waals surface area contributed by atoms with E-state index < -0.39 is 5.97 Å². The van der Waals surface area contributed by atoms with Crippen molar-refractivity contribution in [2.24, 2.45) is 0 Å². The molecule has 0 aliphatic carbocycles. The highest BCUT2D eigenvalue weighted by molar-refractivity contribution is 6.31. The lowest BCUT2D eigenvalue weighted by Gasteiger charge is -2.08. The molecule has 1 aromatic carbocycles. The van der Waals surface area contributed by atoms with E-state index in [4.69, 9.17) is 21.4 Å². The van der Waals surface area contributed by atoms with E-state index in [-0.39, 0.29) is 5.57 Å². The maximum absolute atomic E-state index is 10.7. The molecule has 0 aromatic heterocycles. The summed E-state index contributed by atoms with van der Waals surface area (Å²) in [5.74, 6) is -0.346. The molecule has 0 saturated carbocycles. The molecule has 0 unspecified atom stereocenters. The molecule has 0 aliphatic rings. The molecule has 0 aliphatic heterocycles. The zero-order valence-corrected chi connectivity index (χ0v) is 10.1. The highest BCUT2D eigenvalue weighted by Gasteiger charge is 2.07. The Morgan fingerprint density at radius 1 is 1.50 bits per heavy atom. The molecule has 0 amide bonds. The maximum atomic E-state index is 10.7. The van der Waals surface area contributed by atoms with Crippen LogP contribution in [0.5, 0.6) is 5.75 Å². The molecule has 0 fully saturated rings. The van der Waals surface area contributed by atoms with Crippen LogP contribution in [0.1, 0.15) is 18.1 Å². The fourth-order valence-corrected chi connectivity index (χ4v) is 1.43. The molecule has 0 bridgehead atoms. The molecule has 16 heavy (non-hydrogen) atoms. The van der Waals surface area contributed by atoms with E-state index in [2.05, 4.69) is 0 Å². The van der Waals surface area contributed by atoms with E-state index in [0.717, 1.165) is 5.56 Å². The number of rotatable bonds is 3. The highest BCUT2D eigenvalue weighted by Crippen LogP contribution is 2.28. The van der Waals surface area contributed by atoms with E-state index in [9.17, 15) is 4.79 Å². The number of ether oxygens (including phenoxy) is 1. The van der Waals surface area contributed by atoms with Gasteiger partial charge in [0.2, 0.25) is 0 Å². The second kappa shape index (κ2) is 5.03. The molecular formula is C12H13ClO3. The van der Waals surface area contributed by atoms with Gasteiger partial charge in [0.1, 0.15) is 5.75 Å². The van der Waals surface area contributed by atoms with Gasteiger partial charge in [-0.3, -0.25) is 0 Å². The summed E-state index contributed by atoms with van der Waals surface area (Å²) in [5.41, 5.74) is 1.79. The van der Waals surface area contributed by atoms with Crippen molar-refractivity contribution in [2.45, 2.75) is 13.8 Å². The van der Waals surface area contributed by atoms with Crippen LogP contribution in [-0.4, -0.2) is 18.2 Å². The van der Waals surface area contributed by atoms with E-state index >= 15 is 0 Å². The monoisotopic (exact) mass is 240 g/mol. The summed E-state index contributed by atoms with van der Waals surface area (Å²) in [6.07, 6.45) is 1.53. The first kappa shape index (κ1) is 12.6. The first-order valence-corrected chi connectivity index (χ1v) is 5.09. The van der Waals surface area contributed by atoms with Crippen LogP contribution in [0.3, 0.4) is 0 Å². The van der Waals surface area contributed by atoms with Gasteiger partial charge in [0, 0.05) is 16.2 Å². The molecule has 1 N–H and O–H groups in total. The SMILES string of the molecule is COc1cc(C)c(Cl)cc1/C=C(\C)C(=O)O. The van der Waals surface area contributed by atoms with Gasteiger partial charge in [0.25, 0.3) is 0 Å². The second-order valence-corrected chi connectivity index (χ2v) is 3.88. The van der Waals surface area contributed by atoms with Crippen molar-refractivity contribution in [1.82, 2.24) is 0 Å². The number of methoxy groups -OCH3 is 1. The zero-order chi connectivity index (χ0) is 12.3. The van der Waals surface area contributed by atoms with Crippen LogP contribution in [0.25, 0.3) is 6.08 Å². The minimum Gasteiger partial charge on any atom is -0.496 e. The molecule has 0 atom stereocenters. The van der Waals surface area contributed by atoms with Gasteiger partial charge in [-0.25, -0.2) is 4.79 Å². The van der Waals surface area contributed by atoms with Gasteiger partial charge in [-0.2, -0.15) is 0 Å². The smallest absolute Gasteiger partial charge is 0.331 e. The third-order valence-corrected chi connectivity index (χ3v) is 2.63. The van der Waals surface area contributed by atoms with E-state index in [1.165, 1.54) is 20.1 Å². The largest absolute Gasteiger partial charge is 0.496 e. The summed E-state index contributed by atoms with van der Waals surface area (Å²) in [6, 6.07) is 3.48. The van der Waals surface area contributed by atoms with Crippen LogP contribution < -0.4 is 4.74 Å². The lowest BCUT2D eigenvalue weighted by molar-refractivity contribution is -0.132. The summed E-state index contributed by atoms with van der Waals surface area (Å²) in [6.45, 7) is 3.39. The average Bonchev–Trinajstić information content (AvgIpc) is 2.22. The molecule has 1 rings (SSSR count). The zero-order valence-electron chi connectivity index (χ0n) is 9.37. The van der Waals surface area contributed by atoms with Gasteiger partial charge in [0.05, 0.1) is 7.11 Å². The normalized spacial score (nSPS) is 11.4. The molecule has 4 heteroatoms. The predicted octanol–water partition coefficient (Wildman–Crippen LogP) is 3.14. The Kier molecular flexibility index (Phi) is 3.96. The van der Waals surface area contributed by atoms with Gasteiger partial charge in [-0.05, 0) is 37.6 Å². The number of carboxylic acids is 1. The van der Waals surface area contributed by atoms with E-state index in [1.807, 2.05) is 6.92 Å². The van der Waals surface area contributed by atoms with Gasteiger partial charge in [0.15, 0.2) is 0 Å². The number of aliphatic carboxylic acids is 1. The Morgan fingerprint density at radius 3 is 2.62 bits per heavy atom. The first-order valence-electron chi connectivity index (χ1n) is 4.71. The van der Waals surface area contributed by atoms with Crippen molar-refractivity contribution >= 4 is 23.6 Å². The number of benzene rings is 1. The summed E-state index contributed by atoms with van der Waals surface area (Å²) in [7, 11) is 1.54. The van der Waals surface area contributed by atoms with Crippen molar-refractivity contribution in [2.75, 3.05) is 7.11 Å². The Hall–Kier alpha value is -1.48. The third kappa shape index (κ3) is 2.76. The van der Waals surface area contributed by atoms with E-state index in [0.29, 0.717) is 16.3 Å². The van der Waals surface area contributed by atoms with E-state index in [1.54, 1.807) is 12.1 Å². The summed E-state index contributed by atoms with van der Waals surface area (Å²) < 4.78 is 5.17. The van der Waals surface area contributed by atoms with Gasteiger partial charge >= 0.3 is 5.97 Å². The van der Waals surface area contributed by atoms with Crippen molar-refractivity contribution in [1.29, 1.82) is 0 Å². The number of hydrogen-bond acceptors (Lipinski definition) is 2. The molecule has 0 radical (unpaired) electrons. The molecule has 86 valence electrons. The van der Waals surface area contributed by atoms with Crippen LogP contribution >= 0.6 is 11.6 Å². The fraction of sp³-hybridized carbons (Fsp3) is 0.250. The fourth-order valence-electron chi connectivity index (χ4n) is 1.25. The summed E-state index contributed by atoms with van der Waals surface area (Å²) in [4.78, 5) is 10.7. The Balaban J connectivity index is 3.27. The lowest BCUT2D eigenvalue weighted by atomic mass is 10.1. The molecule has 1 aromatic rings. The lowest BCUT2D eigenvalue weighted by Crippen LogP contribution is -1.96. The highest BCUT2D eigenvalue weighted by atomic mass is 35.5. The minimum atomic E-state index is -0.959. The van der Waals surface area contributed by atoms with Crippen molar-refractivity contribution in [3.8, 4) is 5.75 Å². The van der Waals surface area contributed by atoms with Crippen LogP contribution in [0.2, 0.25) is 5.02 Å². The molecular weight excluding hydrogens is 228 g/mol. The number of carbonyl (C=O) groups is 1. The summed E-state index contributed by atoms with van der Waals surface area (Å²) in [5, 5.41) is 9.38. The van der Waals surface area contributed by atoms with Gasteiger partial charge in [-0.1, -0.05) is 11.6 Å². The maximum Gasteiger partial charge on any atom is 0.331 e. The third-order valence-electron chi connectivity index (χ3n) is 2.22. The second-order valence-electron chi connectivity index (χ2n) is 3.48.